The van der Waals surface area contributed by atoms with Crippen LogP contribution in [0.15, 0.2) is 42.5 Å². The molecule has 0 aliphatic carbocycles. The number of carbonyl (C=O) groups excluding carboxylic acids is 1. The van der Waals surface area contributed by atoms with Gasteiger partial charge >= 0.3 is 0 Å². The molecule has 2 rings (SSSR count). The second-order valence-electron chi connectivity index (χ2n) is 5.34. The van der Waals surface area contributed by atoms with E-state index in [1.54, 1.807) is 7.11 Å². The highest BCUT2D eigenvalue weighted by Crippen LogP contribution is 2.13. The third-order valence-corrected chi connectivity index (χ3v) is 3.33. The Morgan fingerprint density at radius 2 is 1.83 bits per heavy atom. The summed E-state index contributed by atoms with van der Waals surface area (Å²) in [5, 5.41) is 2.56. The maximum atomic E-state index is 13.1. The Balaban J connectivity index is 1.87. The third kappa shape index (κ3) is 5.03. The summed E-state index contributed by atoms with van der Waals surface area (Å²) < 4.78 is 31.0. The van der Waals surface area contributed by atoms with Gasteiger partial charge in [-0.1, -0.05) is 0 Å². The first kappa shape index (κ1) is 16.9. The van der Waals surface area contributed by atoms with Gasteiger partial charge in [-0.05, 0) is 36.4 Å². The van der Waals surface area contributed by atoms with E-state index in [0.717, 1.165) is 28.3 Å². The van der Waals surface area contributed by atoms with Crippen LogP contribution in [0.1, 0.15) is 5.56 Å². The molecule has 0 aliphatic heterocycles. The Morgan fingerprint density at radius 1 is 1.13 bits per heavy atom. The molecule has 2 aromatic carbocycles. The van der Waals surface area contributed by atoms with Gasteiger partial charge in [0.2, 0.25) is 0 Å². The van der Waals surface area contributed by atoms with Crippen LogP contribution in [0.2, 0.25) is 0 Å². The molecule has 2 aromatic rings. The summed E-state index contributed by atoms with van der Waals surface area (Å²) in [4.78, 5) is 12.9. The van der Waals surface area contributed by atoms with E-state index >= 15 is 0 Å². The van der Waals surface area contributed by atoms with E-state index in [2.05, 4.69) is 5.32 Å². The van der Waals surface area contributed by atoms with Crippen molar-refractivity contribution >= 4 is 11.6 Å². The van der Waals surface area contributed by atoms with Crippen molar-refractivity contribution in [3.05, 3.63) is 59.7 Å². The second-order valence-corrected chi connectivity index (χ2v) is 5.34. The quantitative estimate of drug-likeness (QED) is 0.849. The average molecular weight is 321 g/mol. The fourth-order valence-electron chi connectivity index (χ4n) is 2.21. The lowest BCUT2D eigenvalue weighted by atomic mass is 10.2. The second kappa shape index (κ2) is 7.69. The summed E-state index contributed by atoms with van der Waals surface area (Å²) >= 11 is 0. The van der Waals surface area contributed by atoms with E-state index < -0.39 is 11.6 Å². The van der Waals surface area contributed by atoms with Crippen LogP contribution >= 0.6 is 0 Å². The number of amides is 1. The lowest BCUT2D eigenvalue weighted by Crippen LogP contribution is -3.08. The standard InChI is InChI=1S/C17H18F2N2O2/c1-21(10-12-3-6-14(23-2)7-4-12)11-17(22)20-13-5-8-15(18)16(19)9-13/h3-9H,10-11H2,1-2H3,(H,20,22)/p+1. The summed E-state index contributed by atoms with van der Waals surface area (Å²) in [6.07, 6.45) is 0. The lowest BCUT2D eigenvalue weighted by molar-refractivity contribution is -0.885. The molecule has 0 heterocycles. The molecule has 6 heteroatoms. The van der Waals surface area contributed by atoms with Crippen molar-refractivity contribution < 1.29 is 23.2 Å². The van der Waals surface area contributed by atoms with Crippen molar-refractivity contribution in [2.45, 2.75) is 6.54 Å². The minimum Gasteiger partial charge on any atom is -0.497 e. The molecule has 2 N–H and O–H groups in total. The van der Waals surface area contributed by atoms with Crippen molar-refractivity contribution in [3.8, 4) is 5.75 Å². The van der Waals surface area contributed by atoms with Crippen molar-refractivity contribution in [1.29, 1.82) is 0 Å². The normalized spacial score (nSPS) is 11.8. The maximum Gasteiger partial charge on any atom is 0.279 e. The molecule has 0 radical (unpaired) electrons. The molecule has 23 heavy (non-hydrogen) atoms. The summed E-state index contributed by atoms with van der Waals surface area (Å²) in [7, 11) is 3.49. The SMILES string of the molecule is COc1ccc(C[NH+](C)CC(=O)Nc2ccc(F)c(F)c2)cc1. The molecule has 0 saturated carbocycles. The first-order valence-electron chi connectivity index (χ1n) is 7.17. The van der Waals surface area contributed by atoms with Crippen LogP contribution in [-0.4, -0.2) is 26.6 Å². The van der Waals surface area contributed by atoms with Gasteiger partial charge in [-0.2, -0.15) is 0 Å². The molecule has 122 valence electrons. The van der Waals surface area contributed by atoms with E-state index in [0.29, 0.717) is 6.54 Å². The number of methoxy groups -OCH3 is 1. The number of anilines is 1. The smallest absolute Gasteiger partial charge is 0.279 e. The van der Waals surface area contributed by atoms with Crippen LogP contribution in [0.5, 0.6) is 5.75 Å². The first-order chi connectivity index (χ1) is 11.0. The molecule has 1 atom stereocenters. The van der Waals surface area contributed by atoms with Gasteiger partial charge in [0, 0.05) is 17.3 Å². The third-order valence-electron chi connectivity index (χ3n) is 3.33. The number of nitrogens with one attached hydrogen (secondary N) is 2. The Hall–Kier alpha value is -2.47. The van der Waals surface area contributed by atoms with Gasteiger partial charge < -0.3 is 15.0 Å². The predicted octanol–water partition coefficient (Wildman–Crippen LogP) is 1.63. The first-order valence-corrected chi connectivity index (χ1v) is 7.17. The Morgan fingerprint density at radius 3 is 2.43 bits per heavy atom. The molecule has 1 amide bonds. The molecule has 0 fully saturated rings. The molecule has 0 spiro atoms. The van der Waals surface area contributed by atoms with Gasteiger partial charge in [-0.3, -0.25) is 4.79 Å². The largest absolute Gasteiger partial charge is 0.497 e. The van der Waals surface area contributed by atoms with Gasteiger partial charge in [0.15, 0.2) is 18.2 Å². The van der Waals surface area contributed by atoms with Crippen molar-refractivity contribution in [2.75, 3.05) is 26.0 Å². The number of benzene rings is 2. The lowest BCUT2D eigenvalue weighted by Gasteiger charge is -2.14. The fraction of sp³-hybridized carbons (Fsp3) is 0.235. The molecule has 0 aromatic heterocycles. The number of likely N-dealkylation sites (N-methyl/N-ethyl adjacent to an activating group) is 1. The summed E-state index contributed by atoms with van der Waals surface area (Å²) in [6, 6.07) is 10.9. The highest BCUT2D eigenvalue weighted by molar-refractivity contribution is 5.91. The van der Waals surface area contributed by atoms with Gasteiger partial charge in [0.25, 0.3) is 5.91 Å². The number of carbonyl (C=O) groups is 1. The number of quaternary nitrogens is 1. The van der Waals surface area contributed by atoms with E-state index in [1.807, 2.05) is 31.3 Å². The molecule has 0 bridgehead atoms. The van der Waals surface area contributed by atoms with Crippen molar-refractivity contribution in [2.24, 2.45) is 0 Å². The predicted molar refractivity (Wildman–Crippen MR) is 83.4 cm³/mol. The molecular formula is C17H19F2N2O2+. The number of rotatable bonds is 6. The van der Waals surface area contributed by atoms with E-state index in [9.17, 15) is 13.6 Å². The summed E-state index contributed by atoms with van der Waals surface area (Å²) in [5.41, 5.74) is 1.31. The Bertz CT molecular complexity index is 675. The van der Waals surface area contributed by atoms with Crippen LogP contribution in [0.25, 0.3) is 0 Å². The van der Waals surface area contributed by atoms with Gasteiger partial charge in [-0.25, -0.2) is 8.78 Å². The van der Waals surface area contributed by atoms with Gasteiger partial charge in [0.1, 0.15) is 12.3 Å². The van der Waals surface area contributed by atoms with Crippen molar-refractivity contribution in [1.82, 2.24) is 0 Å². The summed E-state index contributed by atoms with van der Waals surface area (Å²) in [5.74, 6) is -1.41. The molecule has 1 unspecified atom stereocenters. The van der Waals surface area contributed by atoms with Crippen LogP contribution < -0.4 is 15.0 Å². The average Bonchev–Trinajstić information content (AvgIpc) is 2.51. The van der Waals surface area contributed by atoms with Gasteiger partial charge in [0.05, 0.1) is 14.2 Å². The number of hydrogen-bond donors (Lipinski definition) is 2. The minimum atomic E-state index is -0.985. The van der Waals surface area contributed by atoms with Crippen LogP contribution in [-0.2, 0) is 11.3 Å². The highest BCUT2D eigenvalue weighted by Gasteiger charge is 2.12. The minimum absolute atomic E-state index is 0.213. The fourth-order valence-corrected chi connectivity index (χ4v) is 2.21. The Labute approximate surface area is 133 Å². The van der Waals surface area contributed by atoms with E-state index in [-0.39, 0.29) is 18.1 Å². The molecule has 4 nitrogen and oxygen atoms in total. The number of hydrogen-bond acceptors (Lipinski definition) is 2. The van der Waals surface area contributed by atoms with Crippen LogP contribution in [0, 0.1) is 11.6 Å². The van der Waals surface area contributed by atoms with Crippen LogP contribution in [0.3, 0.4) is 0 Å². The molecule has 0 aliphatic rings. The number of ether oxygens (including phenoxy) is 1. The van der Waals surface area contributed by atoms with E-state index in [1.165, 1.54) is 6.07 Å². The van der Waals surface area contributed by atoms with Crippen LogP contribution in [0.4, 0.5) is 14.5 Å². The zero-order valence-electron chi connectivity index (χ0n) is 13.0. The monoisotopic (exact) mass is 321 g/mol. The molecule has 0 saturated heterocycles. The van der Waals surface area contributed by atoms with Crippen molar-refractivity contribution in [3.63, 3.8) is 0 Å². The maximum absolute atomic E-state index is 13.1. The molecular weight excluding hydrogens is 302 g/mol. The highest BCUT2D eigenvalue weighted by atomic mass is 19.2. The zero-order chi connectivity index (χ0) is 16.8. The topological polar surface area (TPSA) is 42.8 Å². The zero-order valence-corrected chi connectivity index (χ0v) is 13.0. The van der Waals surface area contributed by atoms with E-state index in [4.69, 9.17) is 4.74 Å². The Kier molecular flexibility index (Phi) is 5.65. The van der Waals surface area contributed by atoms with Gasteiger partial charge in [-0.15, -0.1) is 0 Å². The summed E-state index contributed by atoms with van der Waals surface area (Å²) in [6.45, 7) is 0.875. The number of halogens is 2.